The van der Waals surface area contributed by atoms with Gasteiger partial charge in [-0.1, -0.05) is 11.6 Å². The van der Waals surface area contributed by atoms with Crippen LogP contribution in [-0.2, 0) is 17.6 Å². The summed E-state index contributed by atoms with van der Waals surface area (Å²) >= 11 is 6.05. The van der Waals surface area contributed by atoms with E-state index in [0.717, 1.165) is 5.69 Å². The van der Waals surface area contributed by atoms with Crippen molar-refractivity contribution in [2.45, 2.75) is 56.8 Å². The van der Waals surface area contributed by atoms with Gasteiger partial charge in [-0.2, -0.15) is 0 Å². The van der Waals surface area contributed by atoms with Gasteiger partial charge in [0.1, 0.15) is 5.52 Å². The summed E-state index contributed by atoms with van der Waals surface area (Å²) in [7, 11) is 1.54. The van der Waals surface area contributed by atoms with Crippen LogP contribution in [0.25, 0.3) is 11.1 Å². The number of methoxy groups -OCH3 is 1. The molecule has 0 radical (unpaired) electrons. The SMILES string of the molecule is COc1cc(C(=O)N2CC(C)(C)OCC2C2(O)CC2)cc2nc(CCc3cc(Cl)ccn3)oc12. The number of aliphatic hydroxyl groups is 1. The molecular weight excluding hydrogens is 458 g/mol. The third-order valence-electron chi connectivity index (χ3n) is 6.54. The van der Waals surface area contributed by atoms with E-state index in [-0.39, 0.29) is 11.9 Å². The first-order valence-electron chi connectivity index (χ1n) is 11.4. The summed E-state index contributed by atoms with van der Waals surface area (Å²) in [6, 6.07) is 6.56. The predicted octanol–water partition coefficient (Wildman–Crippen LogP) is 3.81. The van der Waals surface area contributed by atoms with E-state index in [4.69, 9.17) is 25.5 Å². The molecule has 1 saturated carbocycles. The van der Waals surface area contributed by atoms with E-state index in [1.165, 1.54) is 7.11 Å². The van der Waals surface area contributed by atoms with Crippen molar-refractivity contribution < 1.29 is 23.8 Å². The zero-order chi connectivity index (χ0) is 24.1. The number of fused-ring (bicyclic) bond motifs is 1. The molecule has 5 rings (SSSR count). The Bertz CT molecular complexity index is 1240. The molecule has 1 aromatic carbocycles. The topological polar surface area (TPSA) is 97.9 Å². The van der Waals surface area contributed by atoms with Gasteiger partial charge in [0, 0.05) is 35.4 Å². The van der Waals surface area contributed by atoms with Crippen LogP contribution in [0.1, 0.15) is 48.6 Å². The quantitative estimate of drug-likeness (QED) is 0.566. The molecule has 180 valence electrons. The van der Waals surface area contributed by atoms with Crippen molar-refractivity contribution in [3.05, 3.63) is 52.6 Å². The van der Waals surface area contributed by atoms with Gasteiger partial charge in [-0.15, -0.1) is 0 Å². The number of ether oxygens (including phenoxy) is 2. The molecule has 2 aliphatic rings. The molecule has 3 aromatic rings. The molecule has 1 N–H and O–H groups in total. The lowest BCUT2D eigenvalue weighted by Gasteiger charge is -2.45. The Labute approximate surface area is 202 Å². The van der Waals surface area contributed by atoms with Gasteiger partial charge < -0.3 is 23.9 Å². The zero-order valence-electron chi connectivity index (χ0n) is 19.5. The van der Waals surface area contributed by atoms with E-state index in [9.17, 15) is 9.90 Å². The largest absolute Gasteiger partial charge is 0.493 e. The third kappa shape index (κ3) is 4.50. The summed E-state index contributed by atoms with van der Waals surface area (Å²) in [4.78, 5) is 24.3. The number of aromatic nitrogens is 2. The molecule has 1 aliphatic heterocycles. The van der Waals surface area contributed by atoms with Gasteiger partial charge in [-0.25, -0.2) is 4.98 Å². The number of carbonyl (C=O) groups is 1. The highest BCUT2D eigenvalue weighted by atomic mass is 35.5. The van der Waals surface area contributed by atoms with E-state index in [1.54, 1.807) is 29.3 Å². The summed E-state index contributed by atoms with van der Waals surface area (Å²) in [5.74, 6) is 0.779. The molecule has 1 amide bonds. The van der Waals surface area contributed by atoms with Crippen LogP contribution in [0.5, 0.6) is 5.75 Å². The van der Waals surface area contributed by atoms with Crippen LogP contribution >= 0.6 is 11.6 Å². The number of oxazole rings is 1. The van der Waals surface area contributed by atoms with Crippen molar-refractivity contribution in [3.8, 4) is 5.75 Å². The van der Waals surface area contributed by atoms with Crippen molar-refractivity contribution in [3.63, 3.8) is 0 Å². The second-order valence-corrected chi connectivity index (χ2v) is 10.2. The fourth-order valence-electron chi connectivity index (χ4n) is 4.50. The summed E-state index contributed by atoms with van der Waals surface area (Å²) < 4.78 is 17.4. The van der Waals surface area contributed by atoms with Gasteiger partial charge in [0.25, 0.3) is 5.91 Å². The predicted molar refractivity (Wildman–Crippen MR) is 126 cm³/mol. The first-order valence-corrected chi connectivity index (χ1v) is 11.8. The molecule has 8 nitrogen and oxygen atoms in total. The highest BCUT2D eigenvalue weighted by Gasteiger charge is 2.54. The molecule has 9 heteroatoms. The number of halogens is 1. The van der Waals surface area contributed by atoms with Crippen molar-refractivity contribution >= 4 is 28.6 Å². The molecule has 1 atom stereocenters. The van der Waals surface area contributed by atoms with Crippen LogP contribution in [0.3, 0.4) is 0 Å². The number of aryl methyl sites for hydroxylation is 2. The minimum absolute atomic E-state index is 0.186. The van der Waals surface area contributed by atoms with Gasteiger partial charge in [0.05, 0.1) is 31.0 Å². The van der Waals surface area contributed by atoms with E-state index in [1.807, 2.05) is 19.9 Å². The molecule has 3 heterocycles. The summed E-state index contributed by atoms with van der Waals surface area (Å²) in [5, 5.41) is 11.4. The van der Waals surface area contributed by atoms with E-state index in [2.05, 4.69) is 9.97 Å². The lowest BCUT2D eigenvalue weighted by Crippen LogP contribution is -2.60. The van der Waals surface area contributed by atoms with Gasteiger partial charge in [-0.05, 0) is 57.4 Å². The summed E-state index contributed by atoms with van der Waals surface area (Å²) in [6.07, 6.45) is 4.15. The van der Waals surface area contributed by atoms with Crippen molar-refractivity contribution in [2.75, 3.05) is 20.3 Å². The lowest BCUT2D eigenvalue weighted by atomic mass is 9.98. The molecular formula is C25H28ClN3O5. The van der Waals surface area contributed by atoms with E-state index in [0.29, 0.717) is 72.2 Å². The molecule has 1 unspecified atom stereocenters. The number of hydrogen-bond acceptors (Lipinski definition) is 7. The Morgan fingerprint density at radius 3 is 2.79 bits per heavy atom. The molecule has 34 heavy (non-hydrogen) atoms. The number of hydrogen-bond donors (Lipinski definition) is 1. The van der Waals surface area contributed by atoms with Gasteiger partial charge in [-0.3, -0.25) is 9.78 Å². The molecule has 0 spiro atoms. The van der Waals surface area contributed by atoms with E-state index >= 15 is 0 Å². The first kappa shape index (κ1) is 23.1. The Kier molecular flexibility index (Phi) is 5.78. The number of rotatable bonds is 6. The standard InChI is InChI=1S/C25H28ClN3O5/c1-24(2)14-29(20(13-33-24)25(31)7-8-25)23(30)15-10-18-22(19(11-15)32-3)34-21(28-18)5-4-17-12-16(26)6-9-27-17/h6,9-12,20,31H,4-5,7-8,13-14H2,1-3H3. The minimum Gasteiger partial charge on any atom is -0.493 e. The second kappa shape index (κ2) is 8.52. The minimum atomic E-state index is -0.879. The Hall–Kier alpha value is -2.68. The highest BCUT2D eigenvalue weighted by Crippen LogP contribution is 2.43. The lowest BCUT2D eigenvalue weighted by molar-refractivity contribution is -0.131. The molecule has 2 fully saturated rings. The van der Waals surface area contributed by atoms with Crippen LogP contribution in [-0.4, -0.2) is 63.4 Å². The zero-order valence-corrected chi connectivity index (χ0v) is 20.3. The Morgan fingerprint density at radius 1 is 1.29 bits per heavy atom. The number of pyridine rings is 1. The highest BCUT2D eigenvalue weighted by molar-refractivity contribution is 6.30. The van der Waals surface area contributed by atoms with E-state index < -0.39 is 11.2 Å². The fourth-order valence-corrected chi connectivity index (χ4v) is 4.68. The fraction of sp³-hybridized carbons (Fsp3) is 0.480. The maximum absolute atomic E-state index is 13.7. The molecule has 2 aromatic heterocycles. The van der Waals surface area contributed by atoms with Gasteiger partial charge >= 0.3 is 0 Å². The van der Waals surface area contributed by atoms with Crippen molar-refractivity contribution in [2.24, 2.45) is 0 Å². The molecule has 1 aliphatic carbocycles. The van der Waals surface area contributed by atoms with Crippen LogP contribution in [0.15, 0.2) is 34.9 Å². The average Bonchev–Trinajstić information content (AvgIpc) is 3.40. The number of carbonyl (C=O) groups excluding carboxylic acids is 1. The maximum atomic E-state index is 13.7. The molecule has 1 saturated heterocycles. The second-order valence-electron chi connectivity index (χ2n) is 9.72. The number of benzene rings is 1. The normalized spacial score (nSPS) is 21.0. The summed E-state index contributed by atoms with van der Waals surface area (Å²) in [5.41, 5.74) is 0.944. The van der Waals surface area contributed by atoms with Gasteiger partial charge in [0.15, 0.2) is 17.2 Å². The average molecular weight is 486 g/mol. The molecule has 0 bridgehead atoms. The number of morpholine rings is 1. The number of amides is 1. The van der Waals surface area contributed by atoms with Crippen LogP contribution in [0, 0.1) is 0 Å². The maximum Gasteiger partial charge on any atom is 0.254 e. The Balaban J connectivity index is 1.43. The smallest absolute Gasteiger partial charge is 0.254 e. The first-order chi connectivity index (χ1) is 16.2. The van der Waals surface area contributed by atoms with Crippen LogP contribution in [0.2, 0.25) is 5.02 Å². The van der Waals surface area contributed by atoms with Crippen LogP contribution in [0.4, 0.5) is 0 Å². The van der Waals surface area contributed by atoms with Crippen molar-refractivity contribution in [1.29, 1.82) is 0 Å². The van der Waals surface area contributed by atoms with Crippen molar-refractivity contribution in [1.82, 2.24) is 14.9 Å². The summed E-state index contributed by atoms with van der Waals surface area (Å²) in [6.45, 7) is 4.59. The Morgan fingerprint density at radius 2 is 2.09 bits per heavy atom. The van der Waals surface area contributed by atoms with Gasteiger partial charge in [0.2, 0.25) is 0 Å². The third-order valence-corrected chi connectivity index (χ3v) is 6.78. The monoisotopic (exact) mass is 485 g/mol. The van der Waals surface area contributed by atoms with Crippen LogP contribution < -0.4 is 4.74 Å². The number of nitrogens with zero attached hydrogens (tertiary/aromatic N) is 3.